The minimum Gasteiger partial charge on any atom is -0.388 e. The molecule has 202 valence electrons. The highest BCUT2D eigenvalue weighted by Crippen LogP contribution is 2.44. The smallest absolute Gasteiger partial charge is 0.317 e. The summed E-state index contributed by atoms with van der Waals surface area (Å²) in [6.45, 7) is 2.76. The fraction of sp³-hybridized carbons (Fsp3) is 0.577. The van der Waals surface area contributed by atoms with E-state index in [2.05, 4.69) is 20.9 Å². The largest absolute Gasteiger partial charge is 0.388 e. The number of aromatic nitrogens is 4. The third-order valence-corrected chi connectivity index (χ3v) is 8.61. The Hall–Kier alpha value is -3.09. The quantitative estimate of drug-likeness (QED) is 0.292. The van der Waals surface area contributed by atoms with Gasteiger partial charge in [0.05, 0.1) is 33.7 Å². The second-order valence-corrected chi connectivity index (χ2v) is 12.0. The average Bonchev–Trinajstić information content (AvgIpc) is 3.81. The van der Waals surface area contributed by atoms with Gasteiger partial charge in [0.25, 0.3) is 0 Å². The number of rotatable bonds is 8. The number of carbonyl (C=O) groups is 1. The monoisotopic (exact) mass is 538 g/mol. The van der Waals surface area contributed by atoms with Gasteiger partial charge in [-0.1, -0.05) is 0 Å². The van der Waals surface area contributed by atoms with E-state index in [-0.39, 0.29) is 6.03 Å². The fourth-order valence-electron chi connectivity index (χ4n) is 4.99. The van der Waals surface area contributed by atoms with Gasteiger partial charge in [-0.15, -0.1) is 11.3 Å². The van der Waals surface area contributed by atoms with Crippen molar-refractivity contribution in [1.29, 1.82) is 0 Å². The standard InChI is InChI=1S/C26H34N8O3S/c1-12-18(24-32-20-17(38-24)8-9-27-19(20)14-6-7-14)23(33-25(29-12)28-11-13-4-5-13)30-15-10-16(22(36)21(15)35)31-26(37)34(2)3/h8-9,13-16,21-22,35-36H,4-7,10-11H2,1-3H3,(H,31,37)(H2,28,29,30,33)/t15-,16+,21+,22-/m1/s1. The summed E-state index contributed by atoms with van der Waals surface area (Å²) in [7, 11) is 3.27. The lowest BCUT2D eigenvalue weighted by Crippen LogP contribution is -2.46. The highest BCUT2D eigenvalue weighted by atomic mass is 32.1. The summed E-state index contributed by atoms with van der Waals surface area (Å²) in [6.07, 6.45) is 4.70. The van der Waals surface area contributed by atoms with E-state index in [4.69, 9.17) is 15.0 Å². The van der Waals surface area contributed by atoms with Gasteiger partial charge < -0.3 is 31.1 Å². The lowest BCUT2D eigenvalue weighted by molar-refractivity contribution is 0.0276. The van der Waals surface area contributed by atoms with Crippen molar-refractivity contribution in [2.24, 2.45) is 5.92 Å². The van der Waals surface area contributed by atoms with Crippen molar-refractivity contribution in [2.75, 3.05) is 31.3 Å². The molecule has 0 aliphatic heterocycles. The first-order valence-electron chi connectivity index (χ1n) is 13.3. The molecule has 3 fully saturated rings. The molecule has 3 aliphatic carbocycles. The van der Waals surface area contributed by atoms with E-state index >= 15 is 0 Å². The summed E-state index contributed by atoms with van der Waals surface area (Å²) in [5.74, 6) is 2.20. The van der Waals surface area contributed by atoms with Crippen LogP contribution in [0.15, 0.2) is 12.3 Å². The number of aryl methyl sites for hydroxylation is 1. The maximum absolute atomic E-state index is 12.2. The summed E-state index contributed by atoms with van der Waals surface area (Å²) in [5.41, 5.74) is 3.52. The van der Waals surface area contributed by atoms with Crippen LogP contribution in [0, 0.1) is 12.8 Å². The van der Waals surface area contributed by atoms with Crippen LogP contribution in [0.3, 0.4) is 0 Å². The highest BCUT2D eigenvalue weighted by Gasteiger charge is 2.43. The third-order valence-electron chi connectivity index (χ3n) is 7.57. The molecule has 0 radical (unpaired) electrons. The average molecular weight is 539 g/mol. The van der Waals surface area contributed by atoms with E-state index in [0.717, 1.165) is 51.6 Å². The highest BCUT2D eigenvalue weighted by molar-refractivity contribution is 7.21. The van der Waals surface area contributed by atoms with Gasteiger partial charge in [0.15, 0.2) is 0 Å². The first-order chi connectivity index (χ1) is 18.3. The Balaban J connectivity index is 1.34. The fourth-order valence-corrected chi connectivity index (χ4v) is 6.06. The lowest BCUT2D eigenvalue weighted by atomic mass is 10.1. The van der Waals surface area contributed by atoms with Crippen molar-refractivity contribution in [2.45, 2.75) is 69.2 Å². The van der Waals surface area contributed by atoms with Gasteiger partial charge in [0.2, 0.25) is 5.95 Å². The molecule has 11 nitrogen and oxygen atoms in total. The number of fused-ring (bicyclic) bond motifs is 1. The number of nitrogens with one attached hydrogen (secondary N) is 3. The van der Waals surface area contributed by atoms with Crippen LogP contribution in [0.25, 0.3) is 20.8 Å². The van der Waals surface area contributed by atoms with Crippen LogP contribution < -0.4 is 16.0 Å². The molecule has 3 aliphatic rings. The Kier molecular flexibility index (Phi) is 6.57. The number of nitrogens with zero attached hydrogens (tertiary/aromatic N) is 5. The number of pyridine rings is 1. The van der Waals surface area contributed by atoms with E-state index in [0.29, 0.717) is 30.0 Å². The molecule has 5 N–H and O–H groups in total. The number of hydrogen-bond donors (Lipinski definition) is 5. The molecule has 4 atom stereocenters. The molecule has 3 aromatic heterocycles. The number of aliphatic hydroxyl groups is 2. The van der Waals surface area contributed by atoms with Crippen LogP contribution in [-0.2, 0) is 0 Å². The molecule has 3 heterocycles. The summed E-state index contributed by atoms with van der Waals surface area (Å²) >= 11 is 1.58. The Morgan fingerprint density at radius 2 is 1.87 bits per heavy atom. The molecule has 0 spiro atoms. The minimum atomic E-state index is -1.11. The van der Waals surface area contributed by atoms with Gasteiger partial charge in [0, 0.05) is 32.8 Å². The molecule has 0 aromatic carbocycles. The zero-order chi connectivity index (χ0) is 26.6. The first-order valence-corrected chi connectivity index (χ1v) is 14.1. The topological polar surface area (TPSA) is 148 Å². The van der Waals surface area contributed by atoms with Gasteiger partial charge in [0.1, 0.15) is 28.6 Å². The number of amides is 2. The lowest BCUT2D eigenvalue weighted by Gasteiger charge is -2.21. The molecule has 0 saturated heterocycles. The van der Waals surface area contributed by atoms with Gasteiger partial charge in [-0.2, -0.15) is 4.98 Å². The van der Waals surface area contributed by atoms with Gasteiger partial charge in [-0.05, 0) is 51.0 Å². The number of anilines is 2. The van der Waals surface area contributed by atoms with Gasteiger partial charge in [-0.25, -0.2) is 14.8 Å². The molecule has 0 unspecified atom stereocenters. The van der Waals surface area contributed by atoms with E-state index in [1.54, 1.807) is 25.4 Å². The van der Waals surface area contributed by atoms with Crippen molar-refractivity contribution in [3.8, 4) is 10.6 Å². The third kappa shape index (κ3) is 4.99. The van der Waals surface area contributed by atoms with E-state index in [9.17, 15) is 15.0 Å². The van der Waals surface area contributed by atoms with Crippen molar-refractivity contribution in [1.82, 2.24) is 30.2 Å². The maximum atomic E-state index is 12.2. The molecular formula is C26H34N8O3S. The number of carbonyl (C=O) groups excluding carboxylic acids is 1. The van der Waals surface area contributed by atoms with Crippen molar-refractivity contribution in [3.63, 3.8) is 0 Å². The molecule has 0 bridgehead atoms. The van der Waals surface area contributed by atoms with E-state index in [1.807, 2.05) is 19.2 Å². The zero-order valence-electron chi connectivity index (χ0n) is 21.8. The van der Waals surface area contributed by atoms with Crippen LogP contribution in [0.4, 0.5) is 16.6 Å². The Morgan fingerprint density at radius 3 is 2.58 bits per heavy atom. The molecule has 38 heavy (non-hydrogen) atoms. The summed E-state index contributed by atoms with van der Waals surface area (Å²) < 4.78 is 1.07. The van der Waals surface area contributed by atoms with Crippen LogP contribution in [0.2, 0.25) is 0 Å². The SMILES string of the molecule is Cc1nc(NCC2CC2)nc(N[C@@H]2C[C@H](NC(=O)N(C)C)[C@@H](O)[C@H]2O)c1-c1nc2c(C3CC3)nccc2s1. The molecule has 12 heteroatoms. The van der Waals surface area contributed by atoms with Crippen molar-refractivity contribution < 1.29 is 15.0 Å². The predicted octanol–water partition coefficient (Wildman–Crippen LogP) is 2.70. The summed E-state index contributed by atoms with van der Waals surface area (Å²) in [4.78, 5) is 32.8. The molecule has 3 aromatic rings. The van der Waals surface area contributed by atoms with Crippen molar-refractivity contribution >= 4 is 39.4 Å². The second-order valence-electron chi connectivity index (χ2n) is 10.9. The van der Waals surface area contributed by atoms with Crippen LogP contribution in [0.5, 0.6) is 0 Å². The van der Waals surface area contributed by atoms with E-state index < -0.39 is 24.3 Å². The molecule has 3 saturated carbocycles. The Labute approximate surface area is 225 Å². The number of aliphatic hydroxyl groups excluding tert-OH is 2. The zero-order valence-corrected chi connectivity index (χ0v) is 22.6. The predicted molar refractivity (Wildman–Crippen MR) is 146 cm³/mol. The van der Waals surface area contributed by atoms with E-state index in [1.165, 1.54) is 17.7 Å². The Morgan fingerprint density at radius 1 is 1.11 bits per heavy atom. The second kappa shape index (κ2) is 9.90. The van der Waals surface area contributed by atoms with Gasteiger partial charge in [-0.3, -0.25) is 4.98 Å². The number of hydrogen-bond acceptors (Lipinski definition) is 10. The number of urea groups is 1. The molecular weight excluding hydrogens is 504 g/mol. The van der Waals surface area contributed by atoms with Crippen LogP contribution in [-0.4, -0.2) is 86.0 Å². The Bertz CT molecular complexity index is 1360. The van der Waals surface area contributed by atoms with Gasteiger partial charge >= 0.3 is 6.03 Å². The normalized spacial score (nSPS) is 25.0. The summed E-state index contributed by atoms with van der Waals surface area (Å²) in [5, 5.41) is 31.9. The minimum absolute atomic E-state index is 0.318. The molecule has 2 amide bonds. The summed E-state index contributed by atoms with van der Waals surface area (Å²) in [6, 6.07) is 0.555. The van der Waals surface area contributed by atoms with Crippen molar-refractivity contribution in [3.05, 3.63) is 23.7 Å². The molecule has 6 rings (SSSR count). The van der Waals surface area contributed by atoms with Crippen LogP contribution >= 0.6 is 11.3 Å². The number of thiazole rings is 1. The van der Waals surface area contributed by atoms with Crippen LogP contribution in [0.1, 0.15) is 49.4 Å². The maximum Gasteiger partial charge on any atom is 0.317 e. The first kappa shape index (κ1) is 25.2.